The van der Waals surface area contributed by atoms with E-state index in [1.807, 2.05) is 0 Å². The van der Waals surface area contributed by atoms with E-state index in [9.17, 15) is 4.79 Å². The van der Waals surface area contributed by atoms with Gasteiger partial charge in [-0.15, -0.1) is 0 Å². The van der Waals surface area contributed by atoms with E-state index >= 15 is 0 Å². The highest BCUT2D eigenvalue weighted by Crippen LogP contribution is 2.20. The number of carbonyl (C=O) groups excluding carboxylic acids is 1. The molecule has 1 saturated heterocycles. The molecule has 1 aliphatic heterocycles. The minimum absolute atomic E-state index is 0.157. The van der Waals surface area contributed by atoms with Crippen molar-refractivity contribution in [2.75, 3.05) is 13.1 Å². The molecule has 1 heterocycles. The molecule has 1 aromatic rings. The number of ether oxygens (including phenoxy) is 1. The molecule has 0 bridgehead atoms. The third-order valence-corrected chi connectivity index (χ3v) is 3.51. The second-order valence-corrected chi connectivity index (χ2v) is 5.10. The normalized spacial score (nSPS) is 16.5. The Hall–Kier alpha value is -1.06. The maximum absolute atomic E-state index is 11.7. The molecule has 0 radical (unpaired) electrons. The minimum Gasteiger partial charge on any atom is -0.427 e. The molecule has 0 atom stereocenters. The number of esters is 1. The van der Waals surface area contributed by atoms with Crippen LogP contribution in [0.1, 0.15) is 25.7 Å². The van der Waals surface area contributed by atoms with Crippen LogP contribution < -0.4 is 10.1 Å². The van der Waals surface area contributed by atoms with Gasteiger partial charge in [-0.1, -0.05) is 11.6 Å². The summed E-state index contributed by atoms with van der Waals surface area (Å²) in [5.41, 5.74) is 0. The summed E-state index contributed by atoms with van der Waals surface area (Å²) in [5.74, 6) is 1.06. The zero-order chi connectivity index (χ0) is 12.8. The van der Waals surface area contributed by atoms with E-state index < -0.39 is 0 Å². The number of benzene rings is 1. The van der Waals surface area contributed by atoms with Gasteiger partial charge in [-0.25, -0.2) is 0 Å². The minimum atomic E-state index is -0.157. The molecular weight excluding hydrogens is 250 g/mol. The van der Waals surface area contributed by atoms with Gasteiger partial charge in [0.25, 0.3) is 0 Å². The first-order valence-corrected chi connectivity index (χ1v) is 6.79. The summed E-state index contributed by atoms with van der Waals surface area (Å²) in [5, 5.41) is 3.96. The summed E-state index contributed by atoms with van der Waals surface area (Å²) in [4.78, 5) is 11.7. The van der Waals surface area contributed by atoms with E-state index in [0.717, 1.165) is 32.4 Å². The lowest BCUT2D eigenvalue weighted by Gasteiger charge is -2.21. The Morgan fingerprint density at radius 1 is 1.28 bits per heavy atom. The quantitative estimate of drug-likeness (QED) is 0.673. The molecule has 1 aliphatic rings. The standard InChI is InChI=1S/C14H18ClNO2/c15-12-2-4-13(5-3-12)18-14(17)6-1-11-7-9-16-10-8-11/h2-5,11,16H,1,6-10H2. The van der Waals surface area contributed by atoms with Crippen LogP contribution in [0.5, 0.6) is 5.75 Å². The van der Waals surface area contributed by atoms with Gasteiger partial charge in [0.1, 0.15) is 5.75 Å². The van der Waals surface area contributed by atoms with Gasteiger partial charge in [0.2, 0.25) is 0 Å². The van der Waals surface area contributed by atoms with Gasteiger partial charge in [0.05, 0.1) is 0 Å². The number of hydrogen-bond acceptors (Lipinski definition) is 3. The second-order valence-electron chi connectivity index (χ2n) is 4.66. The van der Waals surface area contributed by atoms with Gasteiger partial charge < -0.3 is 10.1 Å². The van der Waals surface area contributed by atoms with E-state index in [0.29, 0.717) is 23.1 Å². The summed E-state index contributed by atoms with van der Waals surface area (Å²) in [6.45, 7) is 2.13. The first kappa shape index (κ1) is 13.4. The largest absolute Gasteiger partial charge is 0.427 e. The van der Waals surface area contributed by atoms with E-state index in [-0.39, 0.29) is 5.97 Å². The van der Waals surface area contributed by atoms with Crippen LogP contribution in [0, 0.1) is 5.92 Å². The number of halogens is 1. The van der Waals surface area contributed by atoms with Crippen LogP contribution >= 0.6 is 11.6 Å². The van der Waals surface area contributed by atoms with Crippen molar-refractivity contribution in [1.29, 1.82) is 0 Å². The predicted molar refractivity (Wildman–Crippen MR) is 71.9 cm³/mol. The Morgan fingerprint density at radius 3 is 2.61 bits per heavy atom. The summed E-state index contributed by atoms with van der Waals surface area (Å²) in [6.07, 6.45) is 3.74. The van der Waals surface area contributed by atoms with Crippen molar-refractivity contribution in [2.24, 2.45) is 5.92 Å². The lowest BCUT2D eigenvalue weighted by Crippen LogP contribution is -2.28. The first-order valence-electron chi connectivity index (χ1n) is 6.41. The first-order chi connectivity index (χ1) is 8.74. The molecule has 3 nitrogen and oxygen atoms in total. The molecule has 0 amide bonds. The molecule has 1 fully saturated rings. The summed E-state index contributed by atoms with van der Waals surface area (Å²) < 4.78 is 5.25. The molecule has 0 saturated carbocycles. The number of nitrogens with one attached hydrogen (secondary N) is 1. The summed E-state index contributed by atoms with van der Waals surface area (Å²) >= 11 is 5.76. The van der Waals surface area contributed by atoms with Gasteiger partial charge in [-0.05, 0) is 62.5 Å². The molecule has 0 spiro atoms. The van der Waals surface area contributed by atoms with Gasteiger partial charge >= 0.3 is 5.97 Å². The number of rotatable bonds is 4. The van der Waals surface area contributed by atoms with E-state index in [1.54, 1.807) is 24.3 Å². The molecule has 98 valence electrons. The topological polar surface area (TPSA) is 38.3 Å². The molecule has 2 rings (SSSR count). The van der Waals surface area contributed by atoms with Crippen LogP contribution in [0.4, 0.5) is 0 Å². The number of hydrogen-bond donors (Lipinski definition) is 1. The molecule has 1 aromatic carbocycles. The third-order valence-electron chi connectivity index (χ3n) is 3.26. The van der Waals surface area contributed by atoms with Crippen molar-refractivity contribution in [3.63, 3.8) is 0 Å². The van der Waals surface area contributed by atoms with Crippen LogP contribution in [-0.2, 0) is 4.79 Å². The van der Waals surface area contributed by atoms with Crippen LogP contribution in [0.15, 0.2) is 24.3 Å². The van der Waals surface area contributed by atoms with Gasteiger partial charge in [0, 0.05) is 11.4 Å². The molecule has 4 heteroatoms. The molecule has 0 aliphatic carbocycles. The van der Waals surface area contributed by atoms with Crippen LogP contribution in [0.3, 0.4) is 0 Å². The third kappa shape index (κ3) is 4.31. The fourth-order valence-electron chi connectivity index (χ4n) is 2.18. The summed E-state index contributed by atoms with van der Waals surface area (Å²) in [7, 11) is 0. The second kappa shape index (κ2) is 6.76. The monoisotopic (exact) mass is 267 g/mol. The van der Waals surface area contributed by atoms with Gasteiger partial charge in [0.15, 0.2) is 0 Å². The van der Waals surface area contributed by atoms with Crippen molar-refractivity contribution in [3.8, 4) is 5.75 Å². The Bertz CT molecular complexity index is 385. The molecule has 0 unspecified atom stereocenters. The highest BCUT2D eigenvalue weighted by atomic mass is 35.5. The number of carbonyl (C=O) groups is 1. The smallest absolute Gasteiger partial charge is 0.311 e. The Labute approximate surface area is 112 Å². The van der Waals surface area contributed by atoms with Gasteiger partial charge in [-0.3, -0.25) is 4.79 Å². The SMILES string of the molecule is O=C(CCC1CCNCC1)Oc1ccc(Cl)cc1. The molecular formula is C14H18ClNO2. The average molecular weight is 268 g/mol. The average Bonchev–Trinajstić information content (AvgIpc) is 2.40. The van der Waals surface area contributed by atoms with Crippen molar-refractivity contribution >= 4 is 17.6 Å². The van der Waals surface area contributed by atoms with Crippen LogP contribution in [-0.4, -0.2) is 19.1 Å². The zero-order valence-corrected chi connectivity index (χ0v) is 11.1. The van der Waals surface area contributed by atoms with Crippen molar-refractivity contribution < 1.29 is 9.53 Å². The maximum atomic E-state index is 11.7. The number of piperidine rings is 1. The van der Waals surface area contributed by atoms with E-state index in [1.165, 1.54) is 0 Å². The Morgan fingerprint density at radius 2 is 1.94 bits per heavy atom. The van der Waals surface area contributed by atoms with Crippen molar-refractivity contribution in [3.05, 3.63) is 29.3 Å². The van der Waals surface area contributed by atoms with E-state index in [4.69, 9.17) is 16.3 Å². The van der Waals surface area contributed by atoms with Crippen LogP contribution in [0.25, 0.3) is 0 Å². The van der Waals surface area contributed by atoms with Gasteiger partial charge in [-0.2, -0.15) is 0 Å². The lowest BCUT2D eigenvalue weighted by molar-refractivity contribution is -0.134. The van der Waals surface area contributed by atoms with Crippen molar-refractivity contribution in [2.45, 2.75) is 25.7 Å². The fourth-order valence-corrected chi connectivity index (χ4v) is 2.30. The maximum Gasteiger partial charge on any atom is 0.311 e. The summed E-state index contributed by atoms with van der Waals surface area (Å²) in [6, 6.07) is 6.86. The van der Waals surface area contributed by atoms with Crippen LogP contribution in [0.2, 0.25) is 5.02 Å². The van der Waals surface area contributed by atoms with E-state index in [2.05, 4.69) is 5.32 Å². The predicted octanol–water partition coefficient (Wildman–Crippen LogP) is 3.03. The highest BCUT2D eigenvalue weighted by molar-refractivity contribution is 6.30. The Kier molecular flexibility index (Phi) is 5.02. The van der Waals surface area contributed by atoms with Crippen molar-refractivity contribution in [1.82, 2.24) is 5.32 Å². The molecule has 1 N–H and O–H groups in total. The lowest BCUT2D eigenvalue weighted by atomic mass is 9.93. The molecule has 0 aromatic heterocycles. The zero-order valence-electron chi connectivity index (χ0n) is 10.3. The fraction of sp³-hybridized carbons (Fsp3) is 0.500. The Balaban J connectivity index is 1.73. The highest BCUT2D eigenvalue weighted by Gasteiger charge is 2.15. The molecule has 18 heavy (non-hydrogen) atoms.